The molecule has 1 N–H and O–H groups in total. The number of aryl methyl sites for hydroxylation is 2. The van der Waals surface area contributed by atoms with E-state index in [1.807, 2.05) is 19.1 Å². The molecule has 6 rings (SSSR count). The molecule has 21 heteroatoms. The van der Waals surface area contributed by atoms with Gasteiger partial charge in [0.1, 0.15) is 23.5 Å². The lowest BCUT2D eigenvalue weighted by atomic mass is 10.1. The molecule has 0 amide bonds. The first-order valence-corrected chi connectivity index (χ1v) is 23.6. The molecule has 0 fully saturated rings. The summed E-state index contributed by atoms with van der Waals surface area (Å²) in [6.07, 6.45) is -7.79. The highest BCUT2D eigenvalue weighted by molar-refractivity contribution is 9.11. The Balaban J connectivity index is 0.000000274. The Morgan fingerprint density at radius 2 is 1.12 bits per heavy atom. The van der Waals surface area contributed by atoms with E-state index in [-0.39, 0.29) is 81.9 Å². The van der Waals surface area contributed by atoms with Crippen LogP contribution >= 0.6 is 59.4 Å². The minimum atomic E-state index is -2.83. The SMILES string of the molecule is CCOC(=O)Cc1ccc(C)c(Oc2cc(Br)cc(C(F)F)c2)c1F.CCOC(=O)Cc1ccc(Cl)c(Oc2cc(C#N)cc(C(F)F)c2)c1F.Cc1cc(Br)cc(C=O)c1.Oc1cc(Br)cc(C(F)F)c1. The number of hydrogen-bond donors (Lipinski definition) is 1. The van der Waals surface area contributed by atoms with Gasteiger partial charge < -0.3 is 24.1 Å². The first-order valence-electron chi connectivity index (χ1n) is 20.8. The van der Waals surface area contributed by atoms with Crippen molar-refractivity contribution in [1.82, 2.24) is 0 Å². The maximum atomic E-state index is 14.7. The van der Waals surface area contributed by atoms with Gasteiger partial charge in [0.15, 0.2) is 23.1 Å². The number of carbonyl (C=O) groups excluding carboxylic acids is 3. The third-order valence-electron chi connectivity index (χ3n) is 9.04. The molecule has 0 aromatic heterocycles. The number of nitrogens with zero attached hydrogens (tertiary/aromatic N) is 1. The quantitative estimate of drug-likeness (QED) is 0.0643. The molecule has 0 atom stereocenters. The van der Waals surface area contributed by atoms with Crippen LogP contribution in [-0.4, -0.2) is 36.5 Å². The molecule has 382 valence electrons. The topological polar surface area (TPSA) is 132 Å². The van der Waals surface area contributed by atoms with Gasteiger partial charge in [-0.2, -0.15) is 5.26 Å². The third kappa shape index (κ3) is 19.5. The van der Waals surface area contributed by atoms with Crippen molar-refractivity contribution in [3.05, 3.63) is 177 Å². The van der Waals surface area contributed by atoms with Crippen molar-refractivity contribution in [2.24, 2.45) is 0 Å². The van der Waals surface area contributed by atoms with Crippen LogP contribution in [0.2, 0.25) is 5.02 Å². The summed E-state index contributed by atoms with van der Waals surface area (Å²) in [5, 5.41) is 17.7. The summed E-state index contributed by atoms with van der Waals surface area (Å²) in [6, 6.07) is 23.7. The zero-order valence-electron chi connectivity index (χ0n) is 38.2. The van der Waals surface area contributed by atoms with Crippen molar-refractivity contribution in [3.8, 4) is 34.8 Å². The number of phenolic OH excluding ortho intramolecular Hbond substituents is 1. The van der Waals surface area contributed by atoms with Gasteiger partial charge in [-0.05, 0) is 118 Å². The second-order valence-corrected chi connectivity index (χ2v) is 17.8. The number of esters is 2. The third-order valence-corrected chi connectivity index (χ3v) is 10.7. The number of halogens is 12. The summed E-state index contributed by atoms with van der Waals surface area (Å²) in [6.45, 7) is 7.20. The van der Waals surface area contributed by atoms with Gasteiger partial charge in [-0.1, -0.05) is 77.6 Å². The highest BCUT2D eigenvalue weighted by atomic mass is 79.9. The lowest BCUT2D eigenvalue weighted by Gasteiger charge is -2.14. The Bertz CT molecular complexity index is 2850. The molecule has 0 aliphatic heterocycles. The van der Waals surface area contributed by atoms with Crippen LogP contribution in [0.1, 0.15) is 88.0 Å². The number of hydrogen-bond acceptors (Lipinski definition) is 9. The number of rotatable bonds is 14. The fourth-order valence-electron chi connectivity index (χ4n) is 5.93. The highest BCUT2D eigenvalue weighted by Crippen LogP contribution is 2.37. The molecule has 6 aromatic rings. The summed E-state index contributed by atoms with van der Waals surface area (Å²) in [4.78, 5) is 33.4. The summed E-state index contributed by atoms with van der Waals surface area (Å²) in [7, 11) is 0. The number of phenols is 1. The largest absolute Gasteiger partial charge is 0.508 e. The zero-order valence-corrected chi connectivity index (χ0v) is 43.7. The second kappa shape index (κ2) is 29.5. The Hall–Kier alpha value is -6.01. The van der Waals surface area contributed by atoms with E-state index in [0.29, 0.717) is 20.1 Å². The van der Waals surface area contributed by atoms with Crippen LogP contribution in [0.3, 0.4) is 0 Å². The van der Waals surface area contributed by atoms with E-state index >= 15 is 0 Å². The van der Waals surface area contributed by atoms with Crippen LogP contribution in [-0.2, 0) is 31.9 Å². The predicted octanol–water partition coefficient (Wildman–Crippen LogP) is 16.6. The summed E-state index contributed by atoms with van der Waals surface area (Å²) in [5.74, 6) is -3.62. The maximum Gasteiger partial charge on any atom is 0.310 e. The first kappa shape index (κ1) is 60.3. The molecule has 0 heterocycles. The molecule has 72 heavy (non-hydrogen) atoms. The smallest absolute Gasteiger partial charge is 0.310 e. The van der Waals surface area contributed by atoms with Crippen LogP contribution < -0.4 is 9.47 Å². The van der Waals surface area contributed by atoms with Crippen LogP contribution in [0, 0.1) is 36.8 Å². The van der Waals surface area contributed by atoms with Crippen molar-refractivity contribution in [3.63, 3.8) is 0 Å². The highest BCUT2D eigenvalue weighted by Gasteiger charge is 2.21. The number of alkyl halides is 6. The fraction of sp³-hybridized carbons (Fsp3) is 0.216. The number of aromatic hydroxyl groups is 1. The molecule has 0 bridgehead atoms. The van der Waals surface area contributed by atoms with Crippen molar-refractivity contribution in [2.75, 3.05) is 13.2 Å². The van der Waals surface area contributed by atoms with Crippen LogP contribution in [0.5, 0.6) is 28.7 Å². The molecule has 0 radical (unpaired) electrons. The molecular formula is C51H41Br3ClF8NO8. The summed E-state index contributed by atoms with van der Waals surface area (Å²) >= 11 is 15.3. The van der Waals surface area contributed by atoms with Gasteiger partial charge in [0.2, 0.25) is 0 Å². The number of ether oxygens (including phenoxy) is 4. The van der Waals surface area contributed by atoms with E-state index in [0.717, 1.165) is 40.6 Å². The van der Waals surface area contributed by atoms with Crippen molar-refractivity contribution in [2.45, 2.75) is 59.8 Å². The maximum absolute atomic E-state index is 14.7. The van der Waals surface area contributed by atoms with Crippen LogP contribution in [0.25, 0.3) is 0 Å². The summed E-state index contributed by atoms with van der Waals surface area (Å²) < 4.78 is 127. The van der Waals surface area contributed by atoms with E-state index in [1.54, 1.807) is 39.0 Å². The van der Waals surface area contributed by atoms with Gasteiger partial charge in [-0.3, -0.25) is 14.4 Å². The first-order chi connectivity index (χ1) is 34.0. The number of benzene rings is 6. The minimum Gasteiger partial charge on any atom is -0.508 e. The van der Waals surface area contributed by atoms with Gasteiger partial charge >= 0.3 is 11.9 Å². The molecule has 0 aliphatic rings. The fourth-order valence-corrected chi connectivity index (χ4v) is 7.72. The molecule has 6 aromatic carbocycles. The standard InChI is InChI=1S/C18H16BrF3O3.C18H13ClF3NO3.C8H7BrO.C7H5BrF2O/c1-3-24-15(23)8-11-5-4-10(2)17(16(11)20)25-14-7-12(18(21)22)6-13(19)9-14;1-2-25-15(24)8-11-3-4-14(19)17(16(11)20)26-13-6-10(9-23)5-12(7-13)18(21)22;1-6-2-7(5-10)4-8(9)3-6;8-5-1-4(7(9)10)2-6(11)3-5/h4-7,9,18H,3,8H2,1-2H3;3-7,18H,2,8H2,1H3;2-5H,1H3;1-3,7,11H. The molecular weight excluding hydrogens is 1180 g/mol. The van der Waals surface area contributed by atoms with Crippen molar-refractivity contribution < 1.29 is 73.6 Å². The van der Waals surface area contributed by atoms with E-state index in [2.05, 4.69) is 47.8 Å². The minimum absolute atomic E-state index is 0.0200. The van der Waals surface area contributed by atoms with Crippen molar-refractivity contribution in [1.29, 1.82) is 5.26 Å². The zero-order chi connectivity index (χ0) is 53.8. The Morgan fingerprint density at radius 1 is 0.653 bits per heavy atom. The van der Waals surface area contributed by atoms with Gasteiger partial charge in [-0.15, -0.1) is 0 Å². The van der Waals surface area contributed by atoms with E-state index in [1.165, 1.54) is 48.5 Å². The van der Waals surface area contributed by atoms with E-state index in [9.17, 15) is 49.5 Å². The average Bonchev–Trinajstić information content (AvgIpc) is 3.31. The molecule has 0 saturated heterocycles. The van der Waals surface area contributed by atoms with Crippen LogP contribution in [0.4, 0.5) is 35.1 Å². The Morgan fingerprint density at radius 3 is 1.62 bits per heavy atom. The van der Waals surface area contributed by atoms with Gasteiger partial charge in [0, 0.05) is 46.8 Å². The number of nitriles is 1. The molecule has 0 unspecified atom stereocenters. The Kier molecular flexibility index (Phi) is 24.7. The molecule has 9 nitrogen and oxygen atoms in total. The molecule has 0 saturated carbocycles. The summed E-state index contributed by atoms with van der Waals surface area (Å²) in [5.41, 5.74) is 1.43. The van der Waals surface area contributed by atoms with Gasteiger partial charge in [0.25, 0.3) is 19.3 Å². The van der Waals surface area contributed by atoms with Gasteiger partial charge in [0.05, 0.1) is 42.7 Å². The molecule has 0 aliphatic carbocycles. The molecule has 0 spiro atoms. The van der Waals surface area contributed by atoms with E-state index in [4.69, 9.17) is 40.9 Å². The lowest BCUT2D eigenvalue weighted by molar-refractivity contribution is -0.143. The second-order valence-electron chi connectivity index (χ2n) is 14.6. The number of aldehydes is 1. The predicted molar refractivity (Wildman–Crippen MR) is 264 cm³/mol. The normalized spacial score (nSPS) is 10.5. The number of carbonyl (C=O) groups is 3. The van der Waals surface area contributed by atoms with Crippen LogP contribution in [0.15, 0.2) is 110 Å². The van der Waals surface area contributed by atoms with Gasteiger partial charge in [-0.25, -0.2) is 35.1 Å². The van der Waals surface area contributed by atoms with E-state index < -0.39 is 54.2 Å². The Labute approximate surface area is 439 Å². The average molecular weight is 1220 g/mol. The monoisotopic (exact) mass is 1220 g/mol. The van der Waals surface area contributed by atoms with Crippen molar-refractivity contribution >= 4 is 77.6 Å². The lowest BCUT2D eigenvalue weighted by Crippen LogP contribution is -2.09.